The Morgan fingerprint density at radius 3 is 2.68 bits per heavy atom. The lowest BCUT2D eigenvalue weighted by Crippen LogP contribution is -2.30. The van der Waals surface area contributed by atoms with Crippen molar-refractivity contribution in [3.05, 3.63) is 62.7 Å². The molecular formula is C18H14BrClN2O2S. The fourth-order valence-corrected chi connectivity index (χ4v) is 3.64. The van der Waals surface area contributed by atoms with Crippen LogP contribution in [0.25, 0.3) is 6.08 Å². The highest BCUT2D eigenvalue weighted by molar-refractivity contribution is 9.10. The first-order valence-corrected chi connectivity index (χ1v) is 8.95. The van der Waals surface area contributed by atoms with E-state index in [1.807, 2.05) is 25.1 Å². The van der Waals surface area contributed by atoms with Gasteiger partial charge in [-0.25, -0.2) is 0 Å². The molecule has 0 aromatic heterocycles. The number of halogens is 2. The van der Waals surface area contributed by atoms with Gasteiger partial charge in [0.05, 0.1) is 17.3 Å². The van der Waals surface area contributed by atoms with Crippen molar-refractivity contribution in [3.63, 3.8) is 0 Å². The van der Waals surface area contributed by atoms with E-state index in [1.54, 1.807) is 31.4 Å². The minimum Gasteiger partial charge on any atom is -0.496 e. The van der Waals surface area contributed by atoms with Crippen molar-refractivity contribution in [3.8, 4) is 5.75 Å². The Morgan fingerprint density at radius 1 is 1.28 bits per heavy atom. The van der Waals surface area contributed by atoms with E-state index in [4.69, 9.17) is 28.6 Å². The highest BCUT2D eigenvalue weighted by Gasteiger charge is 2.32. The van der Waals surface area contributed by atoms with Crippen molar-refractivity contribution in [1.29, 1.82) is 0 Å². The van der Waals surface area contributed by atoms with Gasteiger partial charge >= 0.3 is 0 Å². The van der Waals surface area contributed by atoms with Gasteiger partial charge in [-0.3, -0.25) is 9.69 Å². The van der Waals surface area contributed by atoms with Crippen molar-refractivity contribution in [2.75, 3.05) is 12.0 Å². The van der Waals surface area contributed by atoms with Crippen LogP contribution < -0.4 is 15.0 Å². The van der Waals surface area contributed by atoms with Crippen LogP contribution >= 0.6 is 39.7 Å². The van der Waals surface area contributed by atoms with E-state index in [2.05, 4.69) is 21.2 Å². The Bertz CT molecular complexity index is 914. The number of ether oxygens (including phenoxy) is 1. The topological polar surface area (TPSA) is 41.6 Å². The zero-order valence-corrected chi connectivity index (χ0v) is 16.6. The molecule has 3 rings (SSSR count). The number of carbonyl (C=O) groups is 1. The summed E-state index contributed by atoms with van der Waals surface area (Å²) in [6.07, 6.45) is 1.75. The molecule has 1 fully saturated rings. The number of nitrogens with one attached hydrogen (secondary N) is 1. The van der Waals surface area contributed by atoms with Gasteiger partial charge in [-0.1, -0.05) is 17.7 Å². The van der Waals surface area contributed by atoms with E-state index < -0.39 is 0 Å². The number of rotatable bonds is 3. The van der Waals surface area contributed by atoms with E-state index in [1.165, 1.54) is 4.90 Å². The number of carbonyl (C=O) groups excluding carboxylic acids is 1. The van der Waals surface area contributed by atoms with Crippen molar-refractivity contribution in [2.45, 2.75) is 6.92 Å². The fourth-order valence-electron chi connectivity index (χ4n) is 2.56. The number of methoxy groups -OCH3 is 1. The summed E-state index contributed by atoms with van der Waals surface area (Å²) in [6.45, 7) is 1.89. The first-order chi connectivity index (χ1) is 11.9. The van der Waals surface area contributed by atoms with E-state index in [0.717, 1.165) is 21.3 Å². The van der Waals surface area contributed by atoms with Crippen LogP contribution in [0.3, 0.4) is 0 Å². The van der Waals surface area contributed by atoms with Crippen LogP contribution in [0.2, 0.25) is 5.02 Å². The van der Waals surface area contributed by atoms with Crippen LogP contribution in [0.4, 0.5) is 5.69 Å². The maximum absolute atomic E-state index is 12.8. The number of anilines is 1. The maximum atomic E-state index is 12.8. The monoisotopic (exact) mass is 436 g/mol. The van der Waals surface area contributed by atoms with E-state index in [-0.39, 0.29) is 5.91 Å². The molecular weight excluding hydrogens is 424 g/mol. The average Bonchev–Trinajstić information content (AvgIpc) is 2.82. The lowest BCUT2D eigenvalue weighted by atomic mass is 10.1. The third-order valence-corrected chi connectivity index (χ3v) is 4.90. The largest absolute Gasteiger partial charge is 0.496 e. The second-order valence-electron chi connectivity index (χ2n) is 5.45. The zero-order chi connectivity index (χ0) is 18.1. The minimum atomic E-state index is -0.206. The highest BCUT2D eigenvalue weighted by atomic mass is 79.9. The standard InChI is InChI=1S/C18H14BrClN2O2S/c1-10-7-12(20)4-5-15(10)22-17(23)14(21-18(22)25)9-11-3-6-16(24-2)13(19)8-11/h3-9H,1-2H3,(H,21,25)/b14-9-. The first kappa shape index (κ1) is 17.9. The van der Waals surface area contributed by atoms with Gasteiger partial charge in [0.1, 0.15) is 11.4 Å². The smallest absolute Gasteiger partial charge is 0.281 e. The summed E-state index contributed by atoms with van der Waals surface area (Å²) in [4.78, 5) is 14.3. The summed E-state index contributed by atoms with van der Waals surface area (Å²) in [5, 5.41) is 3.94. The van der Waals surface area contributed by atoms with Crippen molar-refractivity contribution in [1.82, 2.24) is 5.32 Å². The molecule has 0 atom stereocenters. The molecule has 25 heavy (non-hydrogen) atoms. The molecule has 0 spiro atoms. The lowest BCUT2D eigenvalue weighted by molar-refractivity contribution is -0.113. The predicted octanol–water partition coefficient (Wildman–Crippen LogP) is 4.68. The Morgan fingerprint density at radius 2 is 2.04 bits per heavy atom. The van der Waals surface area contributed by atoms with Gasteiger partial charge in [0, 0.05) is 5.02 Å². The third kappa shape index (κ3) is 3.56. The normalized spacial score (nSPS) is 15.7. The summed E-state index contributed by atoms with van der Waals surface area (Å²) in [7, 11) is 1.60. The quantitative estimate of drug-likeness (QED) is 0.559. The molecule has 1 aliphatic heterocycles. The molecule has 0 radical (unpaired) electrons. The lowest BCUT2D eigenvalue weighted by Gasteiger charge is -2.16. The van der Waals surface area contributed by atoms with Crippen molar-refractivity contribution < 1.29 is 9.53 Å². The summed E-state index contributed by atoms with van der Waals surface area (Å²) >= 11 is 14.8. The van der Waals surface area contributed by atoms with Crippen molar-refractivity contribution in [2.24, 2.45) is 0 Å². The van der Waals surface area contributed by atoms with Crippen LogP contribution in [-0.4, -0.2) is 18.1 Å². The number of nitrogens with zero attached hydrogens (tertiary/aromatic N) is 1. The summed E-state index contributed by atoms with van der Waals surface area (Å²) < 4.78 is 6.02. The van der Waals surface area contributed by atoms with Gasteiger partial charge in [0.15, 0.2) is 5.11 Å². The van der Waals surface area contributed by atoms with Crippen LogP contribution in [-0.2, 0) is 4.79 Å². The summed E-state index contributed by atoms with van der Waals surface area (Å²) in [5.74, 6) is 0.518. The number of hydrogen-bond donors (Lipinski definition) is 1. The highest BCUT2D eigenvalue weighted by Crippen LogP contribution is 2.29. The van der Waals surface area contributed by atoms with Gasteiger partial charge in [0.25, 0.3) is 5.91 Å². The molecule has 7 heteroatoms. The molecule has 0 saturated carbocycles. The molecule has 1 aliphatic rings. The van der Waals surface area contributed by atoms with Crippen LogP contribution in [0.1, 0.15) is 11.1 Å². The molecule has 4 nitrogen and oxygen atoms in total. The Kier molecular flexibility index (Phi) is 5.13. The predicted molar refractivity (Wildman–Crippen MR) is 108 cm³/mol. The molecule has 1 saturated heterocycles. The maximum Gasteiger partial charge on any atom is 0.281 e. The second-order valence-corrected chi connectivity index (χ2v) is 7.13. The minimum absolute atomic E-state index is 0.206. The fraction of sp³-hybridized carbons (Fsp3) is 0.111. The average molecular weight is 438 g/mol. The van der Waals surface area contributed by atoms with Gasteiger partial charge in [-0.05, 0) is 82.6 Å². The Hall–Kier alpha value is -1.89. The third-order valence-electron chi connectivity index (χ3n) is 3.76. The van der Waals surface area contributed by atoms with Crippen LogP contribution in [0.5, 0.6) is 5.75 Å². The van der Waals surface area contributed by atoms with Gasteiger partial charge in [0.2, 0.25) is 0 Å². The Balaban J connectivity index is 1.94. The molecule has 0 bridgehead atoms. The molecule has 0 unspecified atom stereocenters. The molecule has 1 amide bonds. The summed E-state index contributed by atoms with van der Waals surface area (Å²) in [5.41, 5.74) is 2.85. The van der Waals surface area contributed by atoms with Gasteiger partial charge < -0.3 is 10.1 Å². The number of aryl methyl sites for hydroxylation is 1. The van der Waals surface area contributed by atoms with E-state index >= 15 is 0 Å². The molecule has 0 aliphatic carbocycles. The molecule has 1 heterocycles. The van der Waals surface area contributed by atoms with Crippen molar-refractivity contribution >= 4 is 62.5 Å². The zero-order valence-electron chi connectivity index (χ0n) is 13.5. The first-order valence-electron chi connectivity index (χ1n) is 7.37. The number of benzene rings is 2. The molecule has 2 aromatic rings. The number of thiocarbonyl (C=S) groups is 1. The molecule has 2 aromatic carbocycles. The van der Waals surface area contributed by atoms with Gasteiger partial charge in [-0.15, -0.1) is 0 Å². The SMILES string of the molecule is COc1ccc(/C=C2\NC(=S)N(c3ccc(Cl)cc3C)C2=O)cc1Br. The van der Waals surface area contributed by atoms with Crippen LogP contribution in [0.15, 0.2) is 46.6 Å². The van der Waals surface area contributed by atoms with E-state index in [0.29, 0.717) is 21.5 Å². The number of amides is 1. The second kappa shape index (κ2) is 7.15. The van der Waals surface area contributed by atoms with Gasteiger partial charge in [-0.2, -0.15) is 0 Å². The molecule has 1 N–H and O–H groups in total. The number of hydrogen-bond acceptors (Lipinski definition) is 3. The van der Waals surface area contributed by atoms with E-state index in [9.17, 15) is 4.79 Å². The molecule has 128 valence electrons. The van der Waals surface area contributed by atoms with Crippen LogP contribution in [0, 0.1) is 6.92 Å². The summed E-state index contributed by atoms with van der Waals surface area (Å²) in [6, 6.07) is 10.9. The Labute approximate surface area is 164 Å².